The Kier molecular flexibility index (Phi) is 11.4. The van der Waals surface area contributed by atoms with Gasteiger partial charge in [0, 0.05) is 6.42 Å². The molecule has 40 heavy (non-hydrogen) atoms. The van der Waals surface area contributed by atoms with Crippen LogP contribution in [0.15, 0.2) is 84.6 Å². The van der Waals surface area contributed by atoms with Gasteiger partial charge < -0.3 is 20.7 Å². The quantitative estimate of drug-likeness (QED) is 0.211. The first-order valence-electron chi connectivity index (χ1n) is 13.5. The minimum atomic E-state index is -1.02. The third kappa shape index (κ3) is 9.08. The first kappa shape index (κ1) is 30.1. The molecule has 2 atom stereocenters. The minimum absolute atomic E-state index is 0.0475. The minimum Gasteiger partial charge on any atom is -0.445 e. The molecular formula is C32H37N3O5. The fraction of sp³-hybridized carbons (Fsp3) is 0.312. The number of carbonyl (C=O) groups excluding carboxylic acids is 4. The zero-order chi connectivity index (χ0) is 28.9. The molecule has 0 aliphatic carbocycles. The summed E-state index contributed by atoms with van der Waals surface area (Å²) in [5.41, 5.74) is 1.82. The smallest absolute Gasteiger partial charge is 0.408 e. The summed E-state index contributed by atoms with van der Waals surface area (Å²) in [5, 5.41) is 10.1. The lowest BCUT2D eigenvalue weighted by Gasteiger charge is -2.24. The van der Waals surface area contributed by atoms with Crippen molar-refractivity contribution in [3.8, 4) is 0 Å². The Labute approximate surface area is 235 Å². The van der Waals surface area contributed by atoms with Crippen molar-refractivity contribution in [2.24, 2.45) is 5.92 Å². The third-order valence-corrected chi connectivity index (χ3v) is 6.28. The van der Waals surface area contributed by atoms with Crippen molar-refractivity contribution in [2.75, 3.05) is 0 Å². The van der Waals surface area contributed by atoms with E-state index >= 15 is 0 Å². The Bertz CT molecular complexity index is 1330. The fourth-order valence-electron chi connectivity index (χ4n) is 4.36. The van der Waals surface area contributed by atoms with Gasteiger partial charge in [0.25, 0.3) is 0 Å². The second-order valence-corrected chi connectivity index (χ2v) is 9.97. The summed E-state index contributed by atoms with van der Waals surface area (Å²) in [5.74, 6) is -0.951. The lowest BCUT2D eigenvalue weighted by Crippen LogP contribution is -2.54. The Morgan fingerprint density at radius 1 is 0.850 bits per heavy atom. The molecule has 3 aromatic carbocycles. The molecule has 0 aliphatic rings. The van der Waals surface area contributed by atoms with Crippen LogP contribution in [0.3, 0.4) is 0 Å². The standard InChI is InChI=1S/C32H37N3O5/c1-4-11-26(20-36)33-30(37)28(18-22(2)3)34-31(38)29(35-32(39)40-21-23-12-6-5-7-13-23)19-25-16-10-15-24-14-8-9-17-27(24)25/h5-17,20,22,28-29H,4,18-19,21H2,1-3H3,(H,33,37)(H,34,38)(H,35,39)/t28-,29-/m0/s1. The van der Waals surface area contributed by atoms with Crippen LogP contribution in [0.2, 0.25) is 0 Å². The van der Waals surface area contributed by atoms with E-state index in [2.05, 4.69) is 16.0 Å². The van der Waals surface area contributed by atoms with Gasteiger partial charge in [-0.15, -0.1) is 0 Å². The number of nitrogens with one attached hydrogen (secondary N) is 3. The highest BCUT2D eigenvalue weighted by Crippen LogP contribution is 2.20. The molecule has 0 radical (unpaired) electrons. The van der Waals surface area contributed by atoms with Crippen molar-refractivity contribution < 1.29 is 23.9 Å². The van der Waals surface area contributed by atoms with Gasteiger partial charge in [-0.25, -0.2) is 4.79 Å². The van der Waals surface area contributed by atoms with Gasteiger partial charge in [0.2, 0.25) is 11.8 Å². The Morgan fingerprint density at radius 2 is 1.55 bits per heavy atom. The highest BCUT2D eigenvalue weighted by atomic mass is 16.5. The first-order chi connectivity index (χ1) is 19.3. The van der Waals surface area contributed by atoms with E-state index in [4.69, 9.17) is 4.74 Å². The van der Waals surface area contributed by atoms with Gasteiger partial charge >= 0.3 is 6.09 Å². The van der Waals surface area contributed by atoms with E-state index < -0.39 is 30.0 Å². The maximum Gasteiger partial charge on any atom is 0.408 e. The summed E-state index contributed by atoms with van der Waals surface area (Å²) < 4.78 is 5.39. The molecule has 0 spiro atoms. The number of ether oxygens (including phenoxy) is 1. The van der Waals surface area contributed by atoms with Crippen molar-refractivity contribution in [2.45, 2.75) is 58.7 Å². The number of rotatable bonds is 13. The van der Waals surface area contributed by atoms with Crippen LogP contribution >= 0.6 is 0 Å². The summed E-state index contributed by atoms with van der Waals surface area (Å²) in [4.78, 5) is 50.9. The number of hydrogen-bond acceptors (Lipinski definition) is 5. The lowest BCUT2D eigenvalue weighted by molar-refractivity contribution is -0.130. The maximum absolute atomic E-state index is 13.6. The van der Waals surface area contributed by atoms with Gasteiger partial charge in [0.1, 0.15) is 18.7 Å². The molecule has 0 bridgehead atoms. The van der Waals surface area contributed by atoms with E-state index in [9.17, 15) is 19.2 Å². The molecule has 0 heterocycles. The molecule has 210 valence electrons. The molecule has 3 amide bonds. The molecule has 0 unspecified atom stereocenters. The van der Waals surface area contributed by atoms with E-state index in [0.717, 1.165) is 21.9 Å². The number of aldehydes is 1. The maximum atomic E-state index is 13.6. The van der Waals surface area contributed by atoms with E-state index in [1.807, 2.05) is 93.6 Å². The monoisotopic (exact) mass is 543 g/mol. The summed E-state index contributed by atoms with van der Waals surface area (Å²) >= 11 is 0. The molecular weight excluding hydrogens is 506 g/mol. The number of alkyl carbamates (subject to hydrolysis) is 1. The molecule has 0 aliphatic heterocycles. The van der Waals surface area contributed by atoms with Gasteiger partial charge in [0.15, 0.2) is 6.29 Å². The van der Waals surface area contributed by atoms with Crippen molar-refractivity contribution in [3.05, 3.63) is 95.7 Å². The van der Waals surface area contributed by atoms with Crippen LogP contribution in [0.25, 0.3) is 10.8 Å². The predicted octanol–water partition coefficient (Wildman–Crippen LogP) is 4.82. The summed E-state index contributed by atoms with van der Waals surface area (Å²) in [6, 6.07) is 20.9. The molecule has 3 rings (SSSR count). The number of benzene rings is 3. The van der Waals surface area contributed by atoms with E-state index in [-0.39, 0.29) is 24.6 Å². The fourth-order valence-corrected chi connectivity index (χ4v) is 4.36. The second-order valence-electron chi connectivity index (χ2n) is 9.97. The van der Waals surface area contributed by atoms with Crippen LogP contribution in [-0.2, 0) is 32.1 Å². The molecule has 0 aromatic heterocycles. The van der Waals surface area contributed by atoms with Gasteiger partial charge in [0.05, 0.1) is 5.70 Å². The van der Waals surface area contributed by atoms with Gasteiger partial charge in [-0.3, -0.25) is 14.4 Å². The average Bonchev–Trinajstić information content (AvgIpc) is 2.95. The van der Waals surface area contributed by atoms with Crippen molar-refractivity contribution in [1.29, 1.82) is 0 Å². The SMILES string of the molecule is CCC=C(C=O)NC(=O)[C@H](CC(C)C)NC(=O)[C@H](Cc1cccc2ccccc12)NC(=O)OCc1ccccc1. The first-order valence-corrected chi connectivity index (χ1v) is 13.5. The molecule has 3 aromatic rings. The molecule has 0 fully saturated rings. The Morgan fingerprint density at radius 3 is 2.25 bits per heavy atom. The molecule has 0 saturated heterocycles. The second kappa shape index (κ2) is 15.2. The van der Waals surface area contributed by atoms with Crippen molar-refractivity contribution in [3.63, 3.8) is 0 Å². The topological polar surface area (TPSA) is 114 Å². The number of allylic oxidation sites excluding steroid dienone is 2. The average molecular weight is 544 g/mol. The molecule has 8 nitrogen and oxygen atoms in total. The van der Waals surface area contributed by atoms with Crippen LogP contribution in [0.5, 0.6) is 0 Å². The number of fused-ring (bicyclic) bond motifs is 1. The number of hydrogen-bond donors (Lipinski definition) is 3. The van der Waals surface area contributed by atoms with Gasteiger partial charge in [-0.2, -0.15) is 0 Å². The summed E-state index contributed by atoms with van der Waals surface area (Å²) in [6.07, 6.45) is 2.52. The van der Waals surface area contributed by atoms with Crippen LogP contribution in [0.1, 0.15) is 44.7 Å². The predicted molar refractivity (Wildman–Crippen MR) is 155 cm³/mol. The Hall–Kier alpha value is -4.46. The lowest BCUT2D eigenvalue weighted by atomic mass is 9.97. The molecule has 8 heteroatoms. The number of carbonyl (C=O) groups is 4. The van der Waals surface area contributed by atoms with E-state index in [1.54, 1.807) is 6.08 Å². The van der Waals surface area contributed by atoms with Crippen LogP contribution in [-0.4, -0.2) is 36.3 Å². The molecule has 0 saturated carbocycles. The third-order valence-electron chi connectivity index (χ3n) is 6.28. The molecule has 3 N–H and O–H groups in total. The Balaban J connectivity index is 1.83. The van der Waals surface area contributed by atoms with Crippen molar-refractivity contribution in [1.82, 2.24) is 16.0 Å². The highest BCUT2D eigenvalue weighted by molar-refractivity contribution is 5.94. The van der Waals surface area contributed by atoms with Crippen LogP contribution < -0.4 is 16.0 Å². The van der Waals surface area contributed by atoms with Crippen LogP contribution in [0.4, 0.5) is 4.79 Å². The largest absolute Gasteiger partial charge is 0.445 e. The van der Waals surface area contributed by atoms with Gasteiger partial charge in [-0.05, 0) is 40.7 Å². The van der Waals surface area contributed by atoms with E-state index in [0.29, 0.717) is 19.1 Å². The van der Waals surface area contributed by atoms with Crippen LogP contribution in [0, 0.1) is 5.92 Å². The van der Waals surface area contributed by atoms with Crippen molar-refractivity contribution >= 4 is 35.0 Å². The zero-order valence-electron chi connectivity index (χ0n) is 23.2. The van der Waals surface area contributed by atoms with Gasteiger partial charge in [-0.1, -0.05) is 99.6 Å². The highest BCUT2D eigenvalue weighted by Gasteiger charge is 2.28. The summed E-state index contributed by atoms with van der Waals surface area (Å²) in [7, 11) is 0. The summed E-state index contributed by atoms with van der Waals surface area (Å²) in [6.45, 7) is 5.76. The number of amides is 3. The van der Waals surface area contributed by atoms with E-state index in [1.165, 1.54) is 0 Å². The zero-order valence-corrected chi connectivity index (χ0v) is 23.2. The normalized spacial score (nSPS) is 12.8.